The highest BCUT2D eigenvalue weighted by molar-refractivity contribution is 5.84. The summed E-state index contributed by atoms with van der Waals surface area (Å²) in [6.45, 7) is 22.6. The molecule has 0 bridgehead atoms. The number of hydrogen-bond donors (Lipinski definition) is 2. The SMILES string of the molecule is C=C(C)[C@@H]1CC[C@]2(C(=O)NCc3ccco3)CC[C@]3(C)[C@H](CC[C@@H]4[C@@]5(C)CC[C@H](OC(=O)CC(C)(C)C(=O)O)C(C)(C)[C@@H]5CC[C@]43C)C12. The molecule has 1 amide bonds. The molecule has 5 aliphatic rings. The number of esters is 1. The van der Waals surface area contributed by atoms with Crippen molar-refractivity contribution < 1.29 is 28.6 Å². The Morgan fingerprint density at radius 2 is 1.69 bits per heavy atom. The molecule has 1 aromatic rings. The van der Waals surface area contributed by atoms with Crippen LogP contribution in [0.1, 0.15) is 132 Å². The first-order chi connectivity index (χ1) is 22.3. The third-order valence-electron chi connectivity index (χ3n) is 15.9. The molecule has 2 N–H and O–H groups in total. The van der Waals surface area contributed by atoms with Crippen molar-refractivity contribution in [1.29, 1.82) is 0 Å². The van der Waals surface area contributed by atoms with Crippen molar-refractivity contribution in [3.05, 3.63) is 36.3 Å². The summed E-state index contributed by atoms with van der Waals surface area (Å²) >= 11 is 0. The van der Waals surface area contributed by atoms with Gasteiger partial charge in [0.2, 0.25) is 5.91 Å². The van der Waals surface area contributed by atoms with Gasteiger partial charge in [-0.15, -0.1) is 0 Å². The van der Waals surface area contributed by atoms with Gasteiger partial charge in [0, 0.05) is 5.41 Å². The van der Waals surface area contributed by atoms with Crippen LogP contribution in [0.4, 0.5) is 0 Å². The minimum atomic E-state index is -1.15. The molecule has 0 spiro atoms. The van der Waals surface area contributed by atoms with E-state index in [-0.39, 0.29) is 45.5 Å². The zero-order valence-electron chi connectivity index (χ0n) is 30.9. The first-order valence-corrected chi connectivity index (χ1v) is 18.7. The Morgan fingerprint density at radius 1 is 0.958 bits per heavy atom. The van der Waals surface area contributed by atoms with Crippen LogP contribution in [0.5, 0.6) is 0 Å². The lowest BCUT2D eigenvalue weighted by Crippen LogP contribution is -2.67. The normalized spacial score (nSPS) is 41.6. The van der Waals surface area contributed by atoms with E-state index in [1.54, 1.807) is 20.1 Å². The number of hydrogen-bond acceptors (Lipinski definition) is 5. The second-order valence-corrected chi connectivity index (χ2v) is 18.8. The fraction of sp³-hybridized carbons (Fsp3) is 0.780. The van der Waals surface area contributed by atoms with E-state index in [0.717, 1.165) is 63.5 Å². The lowest BCUT2D eigenvalue weighted by atomic mass is 9.32. The number of ether oxygens (including phenoxy) is 1. The van der Waals surface area contributed by atoms with Crippen LogP contribution in [0.3, 0.4) is 0 Å². The lowest BCUT2D eigenvalue weighted by molar-refractivity contribution is -0.249. The Balaban J connectivity index is 1.25. The minimum absolute atomic E-state index is 0.117. The summed E-state index contributed by atoms with van der Waals surface area (Å²) in [6, 6.07) is 3.80. The summed E-state index contributed by atoms with van der Waals surface area (Å²) < 4.78 is 11.7. The molecule has 0 saturated heterocycles. The highest BCUT2D eigenvalue weighted by atomic mass is 16.5. The number of amides is 1. The first kappa shape index (κ1) is 35.3. The highest BCUT2D eigenvalue weighted by Crippen LogP contribution is 2.77. The number of fused-ring (bicyclic) bond motifs is 7. The Hall–Kier alpha value is -2.57. The molecular formula is C41H61NO6. The quantitative estimate of drug-likeness (QED) is 0.213. The van der Waals surface area contributed by atoms with Gasteiger partial charge in [0.05, 0.1) is 30.1 Å². The molecule has 5 saturated carbocycles. The third-order valence-corrected chi connectivity index (χ3v) is 15.9. The van der Waals surface area contributed by atoms with Crippen LogP contribution >= 0.6 is 0 Å². The minimum Gasteiger partial charge on any atom is -0.481 e. The number of rotatable bonds is 8. The molecule has 266 valence electrons. The smallest absolute Gasteiger partial charge is 0.309 e. The molecule has 10 atom stereocenters. The molecule has 1 aromatic heterocycles. The first-order valence-electron chi connectivity index (χ1n) is 18.7. The Kier molecular flexibility index (Phi) is 8.64. The summed E-state index contributed by atoms with van der Waals surface area (Å²) in [4.78, 5) is 39.0. The summed E-state index contributed by atoms with van der Waals surface area (Å²) in [5, 5.41) is 12.9. The maximum Gasteiger partial charge on any atom is 0.309 e. The zero-order valence-corrected chi connectivity index (χ0v) is 30.9. The van der Waals surface area contributed by atoms with Crippen molar-refractivity contribution in [3.63, 3.8) is 0 Å². The average molecular weight is 664 g/mol. The number of carbonyl (C=O) groups excluding carboxylic acids is 2. The van der Waals surface area contributed by atoms with Gasteiger partial charge >= 0.3 is 11.9 Å². The summed E-state index contributed by atoms with van der Waals surface area (Å²) in [6.07, 6.45) is 11.7. The number of allylic oxidation sites excluding steroid dienone is 1. The highest BCUT2D eigenvalue weighted by Gasteiger charge is 2.72. The van der Waals surface area contributed by atoms with Crippen molar-refractivity contribution in [2.45, 2.75) is 139 Å². The van der Waals surface area contributed by atoms with Crippen molar-refractivity contribution >= 4 is 17.8 Å². The van der Waals surface area contributed by atoms with Crippen LogP contribution in [0.15, 0.2) is 35.0 Å². The molecule has 0 aromatic carbocycles. The van der Waals surface area contributed by atoms with E-state index in [1.807, 2.05) is 12.1 Å². The van der Waals surface area contributed by atoms with Crippen LogP contribution in [0.25, 0.3) is 0 Å². The van der Waals surface area contributed by atoms with Crippen LogP contribution in [0, 0.1) is 62.1 Å². The van der Waals surface area contributed by atoms with Gasteiger partial charge in [0.25, 0.3) is 0 Å². The van der Waals surface area contributed by atoms with Crippen LogP contribution < -0.4 is 5.32 Å². The Labute approximate surface area is 288 Å². The van der Waals surface area contributed by atoms with Crippen molar-refractivity contribution in [2.75, 3.05) is 0 Å². The molecule has 6 rings (SSSR count). The van der Waals surface area contributed by atoms with E-state index in [4.69, 9.17) is 9.15 Å². The second-order valence-electron chi connectivity index (χ2n) is 18.8. The van der Waals surface area contributed by atoms with Gasteiger partial charge in [0.1, 0.15) is 11.9 Å². The number of carboxylic acids is 1. The molecule has 7 nitrogen and oxygen atoms in total. The van der Waals surface area contributed by atoms with E-state index >= 15 is 0 Å². The number of nitrogens with one attached hydrogen (secondary N) is 1. The van der Waals surface area contributed by atoms with Gasteiger partial charge in [-0.05, 0) is 143 Å². The van der Waals surface area contributed by atoms with E-state index in [0.29, 0.717) is 36.1 Å². The number of carboxylic acid groups (broad SMARTS) is 1. The number of aliphatic carboxylic acids is 1. The molecule has 48 heavy (non-hydrogen) atoms. The zero-order chi connectivity index (χ0) is 35.1. The van der Waals surface area contributed by atoms with Crippen molar-refractivity contribution in [2.24, 2.45) is 62.1 Å². The van der Waals surface area contributed by atoms with Crippen molar-refractivity contribution in [1.82, 2.24) is 5.32 Å². The molecule has 5 aliphatic carbocycles. The largest absolute Gasteiger partial charge is 0.481 e. The lowest BCUT2D eigenvalue weighted by Gasteiger charge is -2.72. The maximum absolute atomic E-state index is 14.3. The molecule has 1 heterocycles. The van der Waals surface area contributed by atoms with Gasteiger partial charge in [-0.25, -0.2) is 0 Å². The molecule has 0 aliphatic heterocycles. The van der Waals surface area contributed by atoms with Gasteiger partial charge in [-0.3, -0.25) is 14.4 Å². The van der Waals surface area contributed by atoms with E-state index < -0.39 is 17.4 Å². The molecule has 1 unspecified atom stereocenters. The Morgan fingerprint density at radius 3 is 2.33 bits per heavy atom. The third kappa shape index (κ3) is 5.13. The van der Waals surface area contributed by atoms with Crippen molar-refractivity contribution in [3.8, 4) is 0 Å². The number of carbonyl (C=O) groups is 3. The average Bonchev–Trinajstić information content (AvgIpc) is 3.66. The topological polar surface area (TPSA) is 106 Å². The molecule has 7 heteroatoms. The van der Waals surface area contributed by atoms with Crippen LogP contribution in [-0.4, -0.2) is 29.1 Å². The van der Waals surface area contributed by atoms with Crippen LogP contribution in [0.2, 0.25) is 0 Å². The standard InChI is InChI=1S/C41H61NO6/c1-25(2)27-14-19-41(34(44)42-24-26-11-10-22-47-26)21-20-39(8)28(33(27)41)12-13-30-38(7)17-16-31(48-32(43)23-36(3,4)35(45)46)37(5,6)29(38)15-18-40(30,39)9/h10-11,22,27-31,33H,1,12-21,23-24H2,2-9H3,(H,42,44)(H,45,46)/t27-,28+,29-,30+,31-,33?,38-,39+,40+,41-/m0/s1. The summed E-state index contributed by atoms with van der Waals surface area (Å²) in [7, 11) is 0. The van der Waals surface area contributed by atoms with Crippen LogP contribution in [-0.2, 0) is 25.7 Å². The summed E-state index contributed by atoms with van der Waals surface area (Å²) in [5.74, 6) is 1.71. The molecule has 5 fully saturated rings. The second kappa shape index (κ2) is 11.8. The number of furan rings is 1. The fourth-order valence-corrected chi connectivity index (χ4v) is 13.1. The van der Waals surface area contributed by atoms with Gasteiger partial charge < -0.3 is 19.6 Å². The van der Waals surface area contributed by atoms with E-state index in [2.05, 4.69) is 53.4 Å². The monoisotopic (exact) mass is 663 g/mol. The Bertz CT molecular complexity index is 1440. The van der Waals surface area contributed by atoms with Gasteiger partial charge in [-0.2, -0.15) is 0 Å². The van der Waals surface area contributed by atoms with E-state index in [1.165, 1.54) is 12.0 Å². The fourth-order valence-electron chi connectivity index (χ4n) is 13.1. The predicted octanol–water partition coefficient (Wildman–Crippen LogP) is 8.97. The van der Waals surface area contributed by atoms with E-state index in [9.17, 15) is 19.5 Å². The van der Waals surface area contributed by atoms with Gasteiger partial charge in [0.15, 0.2) is 0 Å². The summed E-state index contributed by atoms with van der Waals surface area (Å²) in [5.41, 5.74) is -0.103. The molecule has 0 radical (unpaired) electrons. The molecular weight excluding hydrogens is 602 g/mol. The predicted molar refractivity (Wildman–Crippen MR) is 185 cm³/mol. The van der Waals surface area contributed by atoms with Gasteiger partial charge in [-0.1, -0.05) is 46.8 Å². The maximum atomic E-state index is 14.3.